The van der Waals surface area contributed by atoms with E-state index in [1.54, 1.807) is 6.08 Å². The first-order valence-electron chi connectivity index (χ1n) is 15.5. The van der Waals surface area contributed by atoms with Gasteiger partial charge >= 0.3 is 18.4 Å². The van der Waals surface area contributed by atoms with Gasteiger partial charge in [-0.1, -0.05) is 44.2 Å². The minimum Gasteiger partial charge on any atom is -0.444 e. The van der Waals surface area contributed by atoms with E-state index in [-0.39, 0.29) is 6.42 Å². The van der Waals surface area contributed by atoms with E-state index in [9.17, 15) is 35.9 Å². The summed E-state index contributed by atoms with van der Waals surface area (Å²) in [5.41, 5.74) is -9.02. The van der Waals surface area contributed by atoms with Gasteiger partial charge in [0.2, 0.25) is 5.60 Å². The summed E-state index contributed by atoms with van der Waals surface area (Å²) in [4.78, 5) is 30.4. The molecule has 9 nitrogen and oxygen atoms in total. The average Bonchev–Trinajstić information content (AvgIpc) is 3.63. The van der Waals surface area contributed by atoms with Crippen LogP contribution >= 0.6 is 0 Å². The number of nitrogens with zero attached hydrogens (tertiary/aromatic N) is 3. The minimum absolute atomic E-state index is 0.207. The molecule has 49 heavy (non-hydrogen) atoms. The molecule has 0 saturated heterocycles. The maximum absolute atomic E-state index is 14.9. The van der Waals surface area contributed by atoms with Gasteiger partial charge in [0.15, 0.2) is 11.5 Å². The van der Waals surface area contributed by atoms with Crippen LogP contribution in [-0.4, -0.2) is 45.4 Å². The lowest BCUT2D eigenvalue weighted by Gasteiger charge is -2.31. The number of unbranched alkanes of at least 4 members (excludes halogenated alkanes) is 1. The van der Waals surface area contributed by atoms with Gasteiger partial charge in [-0.25, -0.2) is 9.78 Å². The number of pyridine rings is 1. The Morgan fingerprint density at radius 2 is 1.71 bits per heavy atom. The lowest BCUT2D eigenvalue weighted by atomic mass is 9.90. The minimum atomic E-state index is -5.17. The zero-order valence-corrected chi connectivity index (χ0v) is 27.8. The summed E-state index contributed by atoms with van der Waals surface area (Å²) in [7, 11) is 0. The number of carbonyl (C=O) groups is 2. The number of ether oxygens (including phenoxy) is 2. The summed E-state index contributed by atoms with van der Waals surface area (Å²) in [6, 6.07) is 0.444. The number of rotatable bonds is 16. The maximum Gasteiger partial charge on any atom is 0.426 e. The van der Waals surface area contributed by atoms with Crippen molar-refractivity contribution in [3.05, 3.63) is 72.8 Å². The molecule has 1 aliphatic carbocycles. The van der Waals surface area contributed by atoms with Gasteiger partial charge in [-0.15, -0.1) is 23.4 Å². The Bertz CT molecular complexity index is 1580. The fourth-order valence-corrected chi connectivity index (χ4v) is 4.89. The zero-order chi connectivity index (χ0) is 36.8. The van der Waals surface area contributed by atoms with E-state index in [1.165, 1.54) is 32.9 Å². The summed E-state index contributed by atoms with van der Waals surface area (Å²) < 4.78 is 104. The molecule has 1 fully saturated rings. The van der Waals surface area contributed by atoms with Gasteiger partial charge in [0.25, 0.3) is 11.8 Å². The van der Waals surface area contributed by atoms with Gasteiger partial charge in [0, 0.05) is 11.8 Å². The summed E-state index contributed by atoms with van der Waals surface area (Å²) >= 11 is 0. The van der Waals surface area contributed by atoms with Crippen LogP contribution in [0, 0.1) is 5.41 Å². The number of nitrogens with one attached hydrogen (secondary N) is 1. The number of anilines is 1. The fraction of sp³-hybridized carbons (Fsp3) is 0.500. The van der Waals surface area contributed by atoms with Crippen molar-refractivity contribution in [2.24, 2.45) is 5.41 Å². The normalized spacial score (nSPS) is 16.0. The van der Waals surface area contributed by atoms with Crippen molar-refractivity contribution in [3.63, 3.8) is 0 Å². The molecule has 2 heterocycles. The molecule has 2 aromatic heterocycles. The fourth-order valence-electron chi connectivity index (χ4n) is 4.89. The monoisotopic (exact) mass is 698 g/mol. The molecule has 1 saturated carbocycles. The van der Waals surface area contributed by atoms with Crippen LogP contribution in [0.15, 0.2) is 60.1 Å². The zero-order valence-electron chi connectivity index (χ0n) is 27.8. The van der Waals surface area contributed by atoms with Crippen molar-refractivity contribution in [2.75, 3.05) is 11.9 Å². The molecule has 268 valence electrons. The third-order valence-electron chi connectivity index (χ3n) is 7.65. The summed E-state index contributed by atoms with van der Waals surface area (Å²) in [6.45, 7) is 16.4. The number of halogens is 6. The number of hydrogen-bond acceptors (Lipinski definition) is 8. The third-order valence-corrected chi connectivity index (χ3v) is 7.65. The molecule has 15 heteroatoms. The highest BCUT2D eigenvalue weighted by Gasteiger charge is 2.61. The molecule has 2 aromatic rings. The SMILES string of the molecule is C=CCCC1(C(=O)c2nc(-c3nnc(C(CC=C)(OC/C(C=C)=C/CCC)C(F)(F)F)o3)c(NC(=O)OC(C)(C)C)cc2C(F)(F)F)CC1. The van der Waals surface area contributed by atoms with E-state index >= 15 is 0 Å². The first kappa shape index (κ1) is 39.2. The molecule has 0 radical (unpaired) electrons. The van der Waals surface area contributed by atoms with Gasteiger partial charge in [-0.05, 0) is 64.5 Å². The number of allylic oxidation sites excluding steroid dienone is 2. The molecule has 0 spiro atoms. The van der Waals surface area contributed by atoms with Crippen molar-refractivity contribution in [1.29, 1.82) is 0 Å². The van der Waals surface area contributed by atoms with E-state index in [4.69, 9.17) is 13.9 Å². The quantitative estimate of drug-likeness (QED) is 0.0797. The first-order chi connectivity index (χ1) is 22.8. The molecule has 1 amide bonds. The van der Waals surface area contributed by atoms with Gasteiger partial charge in [-0.3, -0.25) is 10.1 Å². The van der Waals surface area contributed by atoms with Crippen LogP contribution in [0.1, 0.15) is 94.6 Å². The highest BCUT2D eigenvalue weighted by molar-refractivity contribution is 6.03. The van der Waals surface area contributed by atoms with E-state index in [1.807, 2.05) is 6.92 Å². The van der Waals surface area contributed by atoms with Crippen molar-refractivity contribution >= 4 is 17.6 Å². The van der Waals surface area contributed by atoms with Crippen molar-refractivity contribution in [3.8, 4) is 11.6 Å². The Hall–Kier alpha value is -4.27. The number of amides is 1. The van der Waals surface area contributed by atoms with E-state index in [0.717, 1.165) is 6.08 Å². The molecular weight excluding hydrogens is 658 g/mol. The van der Waals surface area contributed by atoms with Crippen molar-refractivity contribution in [2.45, 2.75) is 96.2 Å². The number of ketones is 1. The molecule has 1 atom stereocenters. The molecule has 0 bridgehead atoms. The van der Waals surface area contributed by atoms with Crippen molar-refractivity contribution < 1.29 is 49.8 Å². The molecule has 1 unspecified atom stereocenters. The molecule has 3 rings (SSSR count). The number of Topliss-reactive ketones (excluding diaryl/α,β-unsaturated/α-hetero) is 1. The molecule has 1 aliphatic rings. The Labute approximate surface area is 280 Å². The van der Waals surface area contributed by atoms with Crippen LogP contribution in [0.5, 0.6) is 0 Å². The van der Waals surface area contributed by atoms with E-state index in [2.05, 4.69) is 40.2 Å². The number of aromatic nitrogens is 3. The summed E-state index contributed by atoms with van der Waals surface area (Å²) in [5.74, 6) is -2.87. The van der Waals surface area contributed by atoms with Gasteiger partial charge in [0.05, 0.1) is 17.9 Å². The van der Waals surface area contributed by atoms with Crippen LogP contribution in [0.4, 0.5) is 36.8 Å². The summed E-state index contributed by atoms with van der Waals surface area (Å²) in [5, 5.41) is 9.41. The van der Waals surface area contributed by atoms with Crippen molar-refractivity contribution in [1.82, 2.24) is 15.2 Å². The smallest absolute Gasteiger partial charge is 0.426 e. The van der Waals surface area contributed by atoms with Crippen LogP contribution in [0.3, 0.4) is 0 Å². The Morgan fingerprint density at radius 3 is 2.22 bits per heavy atom. The number of alkyl halides is 6. The third kappa shape index (κ3) is 9.25. The second kappa shape index (κ2) is 15.1. The molecule has 1 N–H and O–H groups in total. The maximum atomic E-state index is 14.9. The largest absolute Gasteiger partial charge is 0.444 e. The van der Waals surface area contributed by atoms with Crippen LogP contribution in [0.2, 0.25) is 0 Å². The topological polar surface area (TPSA) is 116 Å². The van der Waals surface area contributed by atoms with Crippen LogP contribution in [-0.2, 0) is 21.3 Å². The highest BCUT2D eigenvalue weighted by Crippen LogP contribution is 2.53. The Kier molecular flexibility index (Phi) is 12.1. The van der Waals surface area contributed by atoms with E-state index in [0.29, 0.717) is 43.7 Å². The van der Waals surface area contributed by atoms with Gasteiger partial charge < -0.3 is 13.9 Å². The van der Waals surface area contributed by atoms with Crippen LogP contribution in [0.25, 0.3) is 11.6 Å². The van der Waals surface area contributed by atoms with Gasteiger partial charge in [-0.2, -0.15) is 26.3 Å². The standard InChI is InChI=1S/C34H40F6N4O5/c1-8-12-14-21(11-4)20-47-32(15-10-3,34(38,39)40)28-44-43-27(48-28)25-23(41-29(46)49-30(5,6)7)19-22(33(35,36)37)24(42-25)26(45)31(17-18-31)16-13-9-2/h9-11,14,19H,2-4,8,12-13,15-18,20H2,1,5-7H3,(H,41,46)/b21-14+. The number of hydrogen-bond donors (Lipinski definition) is 1. The van der Waals surface area contributed by atoms with Crippen LogP contribution < -0.4 is 5.32 Å². The molecular formula is C34H40F6N4O5. The average molecular weight is 699 g/mol. The Morgan fingerprint density at radius 1 is 1.04 bits per heavy atom. The Balaban J connectivity index is 2.27. The predicted molar refractivity (Wildman–Crippen MR) is 170 cm³/mol. The first-order valence-corrected chi connectivity index (χ1v) is 15.5. The lowest BCUT2D eigenvalue weighted by Crippen LogP contribution is -2.45. The lowest BCUT2D eigenvalue weighted by molar-refractivity contribution is -0.289. The van der Waals surface area contributed by atoms with E-state index < -0.39 is 88.3 Å². The predicted octanol–water partition coefficient (Wildman–Crippen LogP) is 9.69. The summed E-state index contributed by atoms with van der Waals surface area (Å²) in [6.07, 6.45) is -4.57. The molecule has 0 aromatic carbocycles. The second-order valence-corrected chi connectivity index (χ2v) is 12.6. The molecule has 0 aliphatic heterocycles. The second-order valence-electron chi connectivity index (χ2n) is 12.6. The van der Waals surface area contributed by atoms with Gasteiger partial charge in [0.1, 0.15) is 11.3 Å². The number of carbonyl (C=O) groups excluding carboxylic acids is 2. The highest BCUT2D eigenvalue weighted by atomic mass is 19.4.